The summed E-state index contributed by atoms with van der Waals surface area (Å²) in [6.45, 7) is 3.72. The third-order valence-corrected chi connectivity index (χ3v) is 6.11. The van der Waals surface area contributed by atoms with Gasteiger partial charge >= 0.3 is 0 Å². The monoisotopic (exact) mass is 339 g/mol. The maximum Gasteiger partial charge on any atom is 0.222 e. The van der Waals surface area contributed by atoms with E-state index in [9.17, 15) is 10.1 Å². The molecule has 2 fully saturated rings. The molecule has 0 aromatic heterocycles. The normalized spacial score (nSPS) is 21.7. The van der Waals surface area contributed by atoms with E-state index < -0.39 is 5.41 Å². The van der Waals surface area contributed by atoms with Crippen LogP contribution < -0.4 is 0 Å². The summed E-state index contributed by atoms with van der Waals surface area (Å²) in [6, 6.07) is 12.6. The fourth-order valence-corrected chi connectivity index (χ4v) is 4.20. The number of carbonyl (C=O) groups excluding carboxylic acids is 1. The van der Waals surface area contributed by atoms with Crippen LogP contribution in [0.5, 0.6) is 0 Å². The van der Waals surface area contributed by atoms with E-state index in [1.807, 2.05) is 35.2 Å². The second-order valence-corrected chi connectivity index (χ2v) is 7.73. The smallest absolute Gasteiger partial charge is 0.222 e. The van der Waals surface area contributed by atoms with Crippen LogP contribution >= 0.6 is 0 Å². The number of amides is 1. The van der Waals surface area contributed by atoms with Crippen LogP contribution in [0.4, 0.5) is 0 Å². The van der Waals surface area contributed by atoms with E-state index in [-0.39, 0.29) is 5.91 Å². The molecule has 0 spiro atoms. The van der Waals surface area contributed by atoms with Crippen molar-refractivity contribution in [2.75, 3.05) is 33.2 Å². The van der Waals surface area contributed by atoms with Crippen molar-refractivity contribution in [1.29, 1.82) is 5.26 Å². The zero-order valence-electron chi connectivity index (χ0n) is 15.3. The van der Waals surface area contributed by atoms with Crippen molar-refractivity contribution >= 4 is 5.91 Å². The van der Waals surface area contributed by atoms with Crippen molar-refractivity contribution in [3.05, 3.63) is 35.9 Å². The molecule has 2 saturated heterocycles. The highest BCUT2D eigenvalue weighted by Crippen LogP contribution is 2.35. The average Bonchev–Trinajstić information content (AvgIpc) is 2.68. The summed E-state index contributed by atoms with van der Waals surface area (Å²) in [6.07, 6.45) is 5.61. The molecule has 0 saturated carbocycles. The lowest BCUT2D eigenvalue weighted by Crippen LogP contribution is -2.44. The lowest BCUT2D eigenvalue weighted by Gasteiger charge is -2.38. The highest BCUT2D eigenvalue weighted by atomic mass is 16.2. The van der Waals surface area contributed by atoms with Crippen molar-refractivity contribution in [3.63, 3.8) is 0 Å². The van der Waals surface area contributed by atoms with E-state index in [1.165, 1.54) is 12.8 Å². The Bertz CT molecular complexity index is 606. The van der Waals surface area contributed by atoms with Gasteiger partial charge in [0.2, 0.25) is 5.91 Å². The van der Waals surface area contributed by atoms with E-state index in [4.69, 9.17) is 0 Å². The molecule has 0 radical (unpaired) electrons. The maximum absolute atomic E-state index is 12.6. The Kier molecular flexibility index (Phi) is 5.75. The fourth-order valence-electron chi connectivity index (χ4n) is 4.20. The molecule has 2 aliphatic heterocycles. The zero-order valence-corrected chi connectivity index (χ0v) is 15.3. The van der Waals surface area contributed by atoms with Crippen molar-refractivity contribution < 1.29 is 4.79 Å². The minimum atomic E-state index is -0.425. The average molecular weight is 339 g/mol. The zero-order chi connectivity index (χ0) is 17.7. The van der Waals surface area contributed by atoms with Crippen LogP contribution in [0.1, 0.15) is 44.1 Å². The first kappa shape index (κ1) is 17.9. The Labute approximate surface area is 151 Å². The van der Waals surface area contributed by atoms with Gasteiger partial charge in [0.1, 0.15) is 0 Å². The Balaban J connectivity index is 1.50. The molecule has 0 unspecified atom stereocenters. The fraction of sp³-hybridized carbons (Fsp3) is 0.619. The number of piperidine rings is 2. The molecular formula is C21H29N3O. The van der Waals surface area contributed by atoms with E-state index in [1.54, 1.807) is 0 Å². The van der Waals surface area contributed by atoms with Gasteiger partial charge in [-0.3, -0.25) is 4.79 Å². The van der Waals surface area contributed by atoms with Crippen LogP contribution in [0.2, 0.25) is 0 Å². The highest BCUT2D eigenvalue weighted by Gasteiger charge is 2.37. The van der Waals surface area contributed by atoms with Gasteiger partial charge in [-0.2, -0.15) is 5.26 Å². The Morgan fingerprint density at radius 1 is 1.16 bits per heavy atom. The highest BCUT2D eigenvalue weighted by molar-refractivity contribution is 5.76. The number of rotatable bonds is 4. The Morgan fingerprint density at radius 3 is 2.40 bits per heavy atom. The van der Waals surface area contributed by atoms with Crippen LogP contribution in [-0.4, -0.2) is 48.9 Å². The molecular weight excluding hydrogens is 310 g/mol. The van der Waals surface area contributed by atoms with Gasteiger partial charge < -0.3 is 9.80 Å². The molecule has 3 rings (SSSR count). The lowest BCUT2D eigenvalue weighted by atomic mass is 9.74. The van der Waals surface area contributed by atoms with E-state index in [0.717, 1.165) is 37.9 Å². The van der Waals surface area contributed by atoms with Crippen LogP contribution in [0.25, 0.3) is 0 Å². The van der Waals surface area contributed by atoms with Gasteiger partial charge in [0.25, 0.3) is 0 Å². The van der Waals surface area contributed by atoms with Gasteiger partial charge in [0.05, 0.1) is 11.5 Å². The van der Waals surface area contributed by atoms with E-state index >= 15 is 0 Å². The number of carbonyl (C=O) groups is 1. The first-order chi connectivity index (χ1) is 12.1. The Hall–Kier alpha value is -1.86. The van der Waals surface area contributed by atoms with Crippen LogP contribution in [0.15, 0.2) is 30.3 Å². The molecule has 1 aromatic rings. The van der Waals surface area contributed by atoms with Crippen molar-refractivity contribution in [3.8, 4) is 6.07 Å². The molecule has 0 atom stereocenters. The third-order valence-electron chi connectivity index (χ3n) is 6.11. The summed E-state index contributed by atoms with van der Waals surface area (Å²) in [5.41, 5.74) is 0.669. The number of nitriles is 1. The second-order valence-electron chi connectivity index (χ2n) is 7.73. The van der Waals surface area contributed by atoms with Crippen LogP contribution in [0, 0.1) is 17.2 Å². The molecule has 134 valence electrons. The van der Waals surface area contributed by atoms with Crippen LogP contribution in [-0.2, 0) is 10.2 Å². The predicted molar refractivity (Wildman–Crippen MR) is 99.0 cm³/mol. The van der Waals surface area contributed by atoms with Gasteiger partial charge in [0, 0.05) is 19.5 Å². The molecule has 4 nitrogen and oxygen atoms in total. The molecule has 1 amide bonds. The SMILES string of the molecule is CN1CCC(CCC(=O)N2CCC(C#N)(c3ccccc3)CC2)CC1. The molecule has 4 heteroatoms. The number of hydrogen-bond acceptors (Lipinski definition) is 3. The van der Waals surface area contributed by atoms with Gasteiger partial charge in [-0.25, -0.2) is 0 Å². The minimum absolute atomic E-state index is 0.276. The quantitative estimate of drug-likeness (QED) is 0.846. The number of likely N-dealkylation sites (tertiary alicyclic amines) is 2. The molecule has 25 heavy (non-hydrogen) atoms. The summed E-state index contributed by atoms with van der Waals surface area (Å²) in [7, 11) is 2.17. The van der Waals surface area contributed by atoms with Crippen LogP contribution in [0.3, 0.4) is 0 Å². The summed E-state index contributed by atoms with van der Waals surface area (Å²) in [5.74, 6) is 0.978. The first-order valence-corrected chi connectivity index (χ1v) is 9.56. The van der Waals surface area contributed by atoms with Crippen molar-refractivity contribution in [1.82, 2.24) is 9.80 Å². The standard InChI is InChI=1S/C21H29N3O/c1-23-13-9-18(10-14-23)7-8-20(25)24-15-11-21(17-22,12-16-24)19-5-3-2-4-6-19/h2-6,18H,7-16H2,1H3. The third kappa shape index (κ3) is 4.22. The summed E-state index contributed by atoms with van der Waals surface area (Å²) < 4.78 is 0. The molecule has 1 aromatic carbocycles. The first-order valence-electron chi connectivity index (χ1n) is 9.56. The predicted octanol–water partition coefficient (Wildman–Crippen LogP) is 3.19. The molecule has 2 aliphatic rings. The largest absolute Gasteiger partial charge is 0.343 e. The number of hydrogen-bond donors (Lipinski definition) is 0. The molecule has 0 aliphatic carbocycles. The van der Waals surface area contributed by atoms with Gasteiger partial charge in [-0.1, -0.05) is 30.3 Å². The van der Waals surface area contributed by atoms with Gasteiger partial charge in [-0.15, -0.1) is 0 Å². The molecule has 2 heterocycles. The Morgan fingerprint density at radius 2 is 1.80 bits per heavy atom. The van der Waals surface area contributed by atoms with Gasteiger partial charge in [0.15, 0.2) is 0 Å². The minimum Gasteiger partial charge on any atom is -0.343 e. The number of nitrogens with zero attached hydrogens (tertiary/aromatic N) is 3. The lowest BCUT2D eigenvalue weighted by molar-refractivity contribution is -0.133. The maximum atomic E-state index is 12.6. The van der Waals surface area contributed by atoms with E-state index in [0.29, 0.717) is 25.4 Å². The molecule has 0 bridgehead atoms. The van der Waals surface area contributed by atoms with Crippen molar-refractivity contribution in [2.24, 2.45) is 5.92 Å². The van der Waals surface area contributed by atoms with E-state index in [2.05, 4.69) is 18.0 Å². The van der Waals surface area contributed by atoms with Crippen molar-refractivity contribution in [2.45, 2.75) is 43.9 Å². The summed E-state index contributed by atoms with van der Waals surface area (Å²) in [5, 5.41) is 9.76. The topological polar surface area (TPSA) is 47.3 Å². The summed E-state index contributed by atoms with van der Waals surface area (Å²) in [4.78, 5) is 16.9. The van der Waals surface area contributed by atoms with Gasteiger partial charge in [-0.05, 0) is 63.7 Å². The number of benzene rings is 1. The summed E-state index contributed by atoms with van der Waals surface area (Å²) >= 11 is 0. The second kappa shape index (κ2) is 8.01. The molecule has 0 N–H and O–H groups in total.